The van der Waals surface area contributed by atoms with E-state index in [0.717, 1.165) is 22.7 Å². The van der Waals surface area contributed by atoms with Crippen LogP contribution in [-0.4, -0.2) is 18.5 Å². The molecule has 1 aliphatic heterocycles. The highest BCUT2D eigenvalue weighted by atomic mass is 35.5. The van der Waals surface area contributed by atoms with Crippen LogP contribution in [0.3, 0.4) is 0 Å². The molecule has 17 heavy (non-hydrogen) atoms. The maximum atomic E-state index is 12.3. The molecule has 0 saturated carbocycles. The number of amides is 1. The number of nitrogens with zero attached hydrogens (tertiary/aromatic N) is 1. The van der Waals surface area contributed by atoms with Crippen molar-refractivity contribution in [3.63, 3.8) is 0 Å². The molecule has 1 heterocycles. The molecule has 1 aromatic carbocycles. The molecule has 2 N–H and O–H groups in total. The van der Waals surface area contributed by atoms with Crippen LogP contribution in [0.2, 0.25) is 5.02 Å². The van der Waals surface area contributed by atoms with Crippen LogP contribution in [0.25, 0.3) is 0 Å². The third-order valence-corrected chi connectivity index (χ3v) is 3.77. The highest BCUT2D eigenvalue weighted by Gasteiger charge is 2.30. The molecule has 92 valence electrons. The Kier molecular flexibility index (Phi) is 3.40. The first kappa shape index (κ1) is 12.4. The molecule has 2 atom stereocenters. The van der Waals surface area contributed by atoms with Crippen LogP contribution in [0.5, 0.6) is 0 Å². The molecule has 0 saturated heterocycles. The minimum absolute atomic E-state index is 0.0843. The van der Waals surface area contributed by atoms with Crippen molar-refractivity contribution >= 4 is 23.2 Å². The highest BCUT2D eigenvalue weighted by molar-refractivity contribution is 6.32. The van der Waals surface area contributed by atoms with Gasteiger partial charge < -0.3 is 10.6 Å². The van der Waals surface area contributed by atoms with Crippen molar-refractivity contribution in [1.29, 1.82) is 0 Å². The summed E-state index contributed by atoms with van der Waals surface area (Å²) in [6.07, 6.45) is 0.826. The summed E-state index contributed by atoms with van der Waals surface area (Å²) in [7, 11) is 0. The molecule has 0 aliphatic carbocycles. The monoisotopic (exact) mass is 252 g/mol. The molecule has 0 fully saturated rings. The summed E-state index contributed by atoms with van der Waals surface area (Å²) >= 11 is 6.12. The molecule has 0 radical (unpaired) electrons. The Morgan fingerprint density at radius 1 is 1.47 bits per heavy atom. The predicted molar refractivity (Wildman–Crippen MR) is 70.3 cm³/mol. The Morgan fingerprint density at radius 2 is 2.18 bits per heavy atom. The quantitative estimate of drug-likeness (QED) is 0.877. The lowest BCUT2D eigenvalue weighted by atomic mass is 10.0. The molecule has 3 nitrogen and oxygen atoms in total. The average Bonchev–Trinajstić information content (AvgIpc) is 2.72. The summed E-state index contributed by atoms with van der Waals surface area (Å²) in [5, 5.41) is 0.742. The number of halogens is 1. The van der Waals surface area contributed by atoms with Gasteiger partial charge in [-0.3, -0.25) is 4.79 Å². The Balaban J connectivity index is 2.28. The Labute approximate surface area is 107 Å². The molecule has 0 bridgehead atoms. The van der Waals surface area contributed by atoms with E-state index in [-0.39, 0.29) is 17.9 Å². The Bertz CT molecular complexity index is 445. The zero-order chi connectivity index (χ0) is 12.6. The van der Waals surface area contributed by atoms with Gasteiger partial charge in [0.25, 0.3) is 0 Å². The molecule has 2 unspecified atom stereocenters. The Hall–Kier alpha value is -1.06. The first-order valence-corrected chi connectivity index (χ1v) is 6.24. The van der Waals surface area contributed by atoms with Gasteiger partial charge in [-0.2, -0.15) is 0 Å². The first-order valence-electron chi connectivity index (χ1n) is 5.86. The smallest absolute Gasteiger partial charge is 0.231 e. The summed E-state index contributed by atoms with van der Waals surface area (Å²) in [4.78, 5) is 14.1. The zero-order valence-electron chi connectivity index (χ0n) is 10.1. The standard InChI is InChI=1S/C13H17ClN2O/c1-8(9(2)15)13(17)16-7-6-10-11(14)4-3-5-12(10)16/h3-5,8-9H,6-7,15H2,1-2H3. The SMILES string of the molecule is CC(N)C(C)C(=O)N1CCc2c(Cl)cccc21. The minimum atomic E-state index is -0.167. The van der Waals surface area contributed by atoms with Crippen LogP contribution in [0.1, 0.15) is 19.4 Å². The number of hydrogen-bond acceptors (Lipinski definition) is 2. The van der Waals surface area contributed by atoms with Gasteiger partial charge in [-0.25, -0.2) is 0 Å². The molecular weight excluding hydrogens is 236 g/mol. The number of benzene rings is 1. The lowest BCUT2D eigenvalue weighted by molar-refractivity contribution is -0.122. The zero-order valence-corrected chi connectivity index (χ0v) is 10.9. The van der Waals surface area contributed by atoms with Crippen LogP contribution in [0, 0.1) is 5.92 Å². The van der Waals surface area contributed by atoms with E-state index in [1.165, 1.54) is 0 Å². The van der Waals surface area contributed by atoms with E-state index in [2.05, 4.69) is 0 Å². The second-order valence-electron chi connectivity index (χ2n) is 4.63. The second kappa shape index (κ2) is 4.67. The van der Waals surface area contributed by atoms with Gasteiger partial charge in [0.2, 0.25) is 5.91 Å². The fourth-order valence-electron chi connectivity index (χ4n) is 2.09. The van der Waals surface area contributed by atoms with Crippen molar-refractivity contribution in [2.24, 2.45) is 11.7 Å². The van der Waals surface area contributed by atoms with Gasteiger partial charge >= 0.3 is 0 Å². The van der Waals surface area contributed by atoms with Crippen LogP contribution in [0.15, 0.2) is 18.2 Å². The van der Waals surface area contributed by atoms with E-state index < -0.39 is 0 Å². The van der Waals surface area contributed by atoms with Gasteiger partial charge in [0.1, 0.15) is 0 Å². The number of carbonyl (C=O) groups excluding carboxylic acids is 1. The van der Waals surface area contributed by atoms with E-state index in [0.29, 0.717) is 6.54 Å². The topological polar surface area (TPSA) is 46.3 Å². The summed E-state index contributed by atoms with van der Waals surface area (Å²) in [5.41, 5.74) is 7.79. The van der Waals surface area contributed by atoms with Crippen molar-refractivity contribution in [1.82, 2.24) is 0 Å². The van der Waals surface area contributed by atoms with Crippen LogP contribution >= 0.6 is 11.6 Å². The summed E-state index contributed by atoms with van der Waals surface area (Å²) in [5.74, 6) is -0.0825. The highest BCUT2D eigenvalue weighted by Crippen LogP contribution is 2.34. The molecule has 2 rings (SSSR count). The molecular formula is C13H17ClN2O. The van der Waals surface area contributed by atoms with E-state index in [1.54, 1.807) is 4.90 Å². The number of anilines is 1. The molecule has 1 amide bonds. The van der Waals surface area contributed by atoms with Crippen molar-refractivity contribution in [2.45, 2.75) is 26.3 Å². The minimum Gasteiger partial charge on any atom is -0.327 e. The van der Waals surface area contributed by atoms with Gasteiger partial charge in [-0.05, 0) is 31.0 Å². The normalized spacial score (nSPS) is 17.8. The van der Waals surface area contributed by atoms with E-state index >= 15 is 0 Å². The van der Waals surface area contributed by atoms with Crippen LogP contribution in [-0.2, 0) is 11.2 Å². The number of nitrogens with two attached hydrogens (primary N) is 1. The largest absolute Gasteiger partial charge is 0.327 e. The summed E-state index contributed by atoms with van der Waals surface area (Å²) in [6.45, 7) is 4.43. The van der Waals surface area contributed by atoms with Crippen molar-refractivity contribution < 1.29 is 4.79 Å². The molecule has 1 aromatic rings. The third-order valence-electron chi connectivity index (χ3n) is 3.41. The van der Waals surface area contributed by atoms with E-state index in [4.69, 9.17) is 17.3 Å². The van der Waals surface area contributed by atoms with E-state index in [9.17, 15) is 4.79 Å². The van der Waals surface area contributed by atoms with Crippen molar-refractivity contribution in [3.8, 4) is 0 Å². The van der Waals surface area contributed by atoms with Gasteiger partial charge in [0, 0.05) is 23.3 Å². The second-order valence-corrected chi connectivity index (χ2v) is 5.03. The van der Waals surface area contributed by atoms with Gasteiger partial charge in [-0.1, -0.05) is 24.6 Å². The van der Waals surface area contributed by atoms with Crippen LogP contribution < -0.4 is 10.6 Å². The lowest BCUT2D eigenvalue weighted by Crippen LogP contribution is -2.41. The summed E-state index contributed by atoms with van der Waals surface area (Å²) < 4.78 is 0. The lowest BCUT2D eigenvalue weighted by Gasteiger charge is -2.23. The van der Waals surface area contributed by atoms with Gasteiger partial charge in [0.05, 0.1) is 5.92 Å². The Morgan fingerprint density at radius 3 is 2.82 bits per heavy atom. The molecule has 0 spiro atoms. The fourth-order valence-corrected chi connectivity index (χ4v) is 2.36. The van der Waals surface area contributed by atoms with Crippen molar-refractivity contribution in [3.05, 3.63) is 28.8 Å². The third kappa shape index (κ3) is 2.17. The average molecular weight is 253 g/mol. The van der Waals surface area contributed by atoms with E-state index in [1.807, 2.05) is 32.0 Å². The summed E-state index contributed by atoms with van der Waals surface area (Å²) in [6, 6.07) is 5.55. The van der Waals surface area contributed by atoms with Gasteiger partial charge in [0.15, 0.2) is 0 Å². The predicted octanol–water partition coefficient (Wildman–Crippen LogP) is 2.21. The molecule has 1 aliphatic rings. The number of carbonyl (C=O) groups is 1. The maximum Gasteiger partial charge on any atom is 0.231 e. The molecule has 4 heteroatoms. The fraction of sp³-hybridized carbons (Fsp3) is 0.462. The number of fused-ring (bicyclic) bond motifs is 1. The van der Waals surface area contributed by atoms with Gasteiger partial charge in [-0.15, -0.1) is 0 Å². The first-order chi connectivity index (χ1) is 8.02. The van der Waals surface area contributed by atoms with Crippen molar-refractivity contribution in [2.75, 3.05) is 11.4 Å². The number of rotatable bonds is 2. The van der Waals surface area contributed by atoms with Crippen LogP contribution in [0.4, 0.5) is 5.69 Å². The number of hydrogen-bond donors (Lipinski definition) is 1. The molecule has 0 aromatic heterocycles. The maximum absolute atomic E-state index is 12.3.